The summed E-state index contributed by atoms with van der Waals surface area (Å²) in [5, 5.41) is 21.0. The Bertz CT molecular complexity index is 869. The Hall–Kier alpha value is -2.15. The summed E-state index contributed by atoms with van der Waals surface area (Å²) in [6, 6.07) is 7.13. The number of benzene rings is 1. The highest BCUT2D eigenvalue weighted by molar-refractivity contribution is 6.06. The molecule has 1 aromatic carbocycles. The van der Waals surface area contributed by atoms with Gasteiger partial charge >= 0.3 is 0 Å². The summed E-state index contributed by atoms with van der Waals surface area (Å²) >= 11 is 0. The predicted octanol–water partition coefficient (Wildman–Crippen LogP) is 0.0370. The van der Waals surface area contributed by atoms with E-state index in [1.807, 2.05) is 12.1 Å². The fourth-order valence-electron chi connectivity index (χ4n) is 4.64. The molecule has 4 heterocycles. The quantitative estimate of drug-likeness (QED) is 0.515. The monoisotopic (exact) mass is 435 g/mol. The highest BCUT2D eigenvalue weighted by atomic mass is 16.7. The lowest BCUT2D eigenvalue weighted by atomic mass is 10.00. The Kier molecular flexibility index (Phi) is 5.00. The number of aliphatic hydroxyl groups is 1. The molecule has 0 saturated carbocycles. The number of anilines is 1. The molecule has 1 amide bonds. The second-order valence-electron chi connectivity index (χ2n) is 8.45. The molecule has 0 aliphatic carbocycles. The van der Waals surface area contributed by atoms with Gasteiger partial charge in [-0.25, -0.2) is 0 Å². The molecule has 3 saturated heterocycles. The predicted molar refractivity (Wildman–Crippen MR) is 105 cm³/mol. The van der Waals surface area contributed by atoms with Crippen LogP contribution in [0.15, 0.2) is 24.3 Å². The Morgan fingerprint density at radius 2 is 1.71 bits per heavy atom. The summed E-state index contributed by atoms with van der Waals surface area (Å²) in [6.07, 6.45) is 1.44. The SMILES string of the molecule is O=C1N(CN2CCC3(CC2)OCCO3)c2ccccc2C12OCC(CO)([N+](=O)[O-])CO2. The van der Waals surface area contributed by atoms with Crippen LogP contribution in [-0.4, -0.2) is 85.0 Å². The van der Waals surface area contributed by atoms with Crippen LogP contribution in [0.2, 0.25) is 0 Å². The summed E-state index contributed by atoms with van der Waals surface area (Å²) < 4.78 is 23.1. The van der Waals surface area contributed by atoms with E-state index < -0.39 is 47.8 Å². The molecule has 0 atom stereocenters. The van der Waals surface area contributed by atoms with Gasteiger partial charge in [-0.15, -0.1) is 0 Å². The first-order chi connectivity index (χ1) is 14.9. The van der Waals surface area contributed by atoms with Gasteiger partial charge in [0, 0.05) is 36.4 Å². The normalized spacial score (nSPS) is 32.7. The van der Waals surface area contributed by atoms with Crippen LogP contribution >= 0.6 is 0 Å². The van der Waals surface area contributed by atoms with E-state index in [4.69, 9.17) is 18.9 Å². The van der Waals surface area contributed by atoms with Crippen molar-refractivity contribution >= 4 is 11.6 Å². The molecular weight excluding hydrogens is 410 g/mol. The van der Waals surface area contributed by atoms with E-state index in [2.05, 4.69) is 4.90 Å². The van der Waals surface area contributed by atoms with Crippen LogP contribution < -0.4 is 4.90 Å². The van der Waals surface area contributed by atoms with Crippen LogP contribution in [0.1, 0.15) is 18.4 Å². The lowest BCUT2D eigenvalue weighted by molar-refractivity contribution is -0.598. The maximum atomic E-state index is 13.5. The molecule has 3 fully saturated rings. The first-order valence-electron chi connectivity index (χ1n) is 10.4. The van der Waals surface area contributed by atoms with Crippen LogP contribution in [0.5, 0.6) is 0 Å². The molecule has 168 valence electrons. The number of nitro groups is 1. The third-order valence-corrected chi connectivity index (χ3v) is 6.62. The number of hydrogen-bond donors (Lipinski definition) is 1. The standard InChI is InChI=1S/C20H25N3O8/c24-11-18(23(26)27)12-30-20(31-13-18)15-3-1-2-4-16(15)22(17(20)25)14-21-7-5-19(6-8-21)28-9-10-29-19/h1-4,24H,5-14H2. The Morgan fingerprint density at radius 1 is 1.06 bits per heavy atom. The van der Waals surface area contributed by atoms with Gasteiger partial charge in [-0.1, -0.05) is 18.2 Å². The van der Waals surface area contributed by atoms with Crippen LogP contribution in [0, 0.1) is 10.1 Å². The lowest BCUT2D eigenvalue weighted by Crippen LogP contribution is -2.61. The molecule has 5 rings (SSSR count). The fourth-order valence-corrected chi connectivity index (χ4v) is 4.64. The Balaban J connectivity index is 1.35. The fraction of sp³-hybridized carbons (Fsp3) is 0.650. The summed E-state index contributed by atoms with van der Waals surface area (Å²) in [5.74, 6) is -2.66. The maximum absolute atomic E-state index is 13.5. The summed E-state index contributed by atoms with van der Waals surface area (Å²) in [5.41, 5.74) is -0.610. The number of amides is 1. The minimum Gasteiger partial charge on any atom is -0.389 e. The van der Waals surface area contributed by atoms with Crippen molar-refractivity contribution in [2.45, 2.75) is 30.0 Å². The van der Waals surface area contributed by atoms with Crippen LogP contribution in [0.3, 0.4) is 0 Å². The number of para-hydroxylation sites is 1. The zero-order valence-corrected chi connectivity index (χ0v) is 17.0. The van der Waals surface area contributed by atoms with E-state index in [0.29, 0.717) is 44.2 Å². The van der Waals surface area contributed by atoms with Crippen molar-refractivity contribution in [2.75, 3.05) is 57.7 Å². The Morgan fingerprint density at radius 3 is 2.32 bits per heavy atom. The lowest BCUT2D eigenvalue weighted by Gasteiger charge is -2.40. The van der Waals surface area contributed by atoms with Gasteiger partial charge in [-0.3, -0.25) is 24.7 Å². The van der Waals surface area contributed by atoms with Crippen LogP contribution in [0.25, 0.3) is 0 Å². The van der Waals surface area contributed by atoms with Crippen molar-refractivity contribution in [3.05, 3.63) is 39.9 Å². The summed E-state index contributed by atoms with van der Waals surface area (Å²) in [6.45, 7) is 1.36. The summed E-state index contributed by atoms with van der Waals surface area (Å²) in [4.78, 5) is 28.1. The zero-order valence-electron chi connectivity index (χ0n) is 17.0. The molecule has 11 heteroatoms. The van der Waals surface area contributed by atoms with E-state index in [1.54, 1.807) is 17.0 Å². The van der Waals surface area contributed by atoms with Gasteiger partial charge in [0.2, 0.25) is 0 Å². The topological polar surface area (TPSA) is 124 Å². The van der Waals surface area contributed by atoms with E-state index in [-0.39, 0.29) is 0 Å². The number of likely N-dealkylation sites (tertiary alicyclic amines) is 1. The molecule has 11 nitrogen and oxygen atoms in total. The third kappa shape index (κ3) is 3.15. The van der Waals surface area contributed by atoms with Crippen molar-refractivity contribution in [1.82, 2.24) is 4.90 Å². The number of carbonyl (C=O) groups is 1. The number of rotatable bonds is 4. The smallest absolute Gasteiger partial charge is 0.293 e. The molecule has 1 N–H and O–H groups in total. The number of ether oxygens (including phenoxy) is 4. The van der Waals surface area contributed by atoms with Crippen molar-refractivity contribution < 1.29 is 33.8 Å². The summed E-state index contributed by atoms with van der Waals surface area (Å²) in [7, 11) is 0. The zero-order chi connectivity index (χ0) is 21.7. The molecule has 0 bridgehead atoms. The average molecular weight is 435 g/mol. The van der Waals surface area contributed by atoms with Gasteiger partial charge in [0.05, 0.1) is 25.6 Å². The highest BCUT2D eigenvalue weighted by Gasteiger charge is 2.61. The van der Waals surface area contributed by atoms with Gasteiger partial charge in [0.15, 0.2) is 5.79 Å². The van der Waals surface area contributed by atoms with E-state index in [1.165, 1.54) is 0 Å². The van der Waals surface area contributed by atoms with E-state index in [0.717, 1.165) is 12.8 Å². The average Bonchev–Trinajstić information content (AvgIpc) is 3.34. The van der Waals surface area contributed by atoms with Gasteiger partial charge < -0.3 is 24.1 Å². The van der Waals surface area contributed by atoms with Crippen molar-refractivity contribution in [2.24, 2.45) is 0 Å². The third-order valence-electron chi connectivity index (χ3n) is 6.62. The number of carbonyl (C=O) groups excluding carboxylic acids is 1. The highest BCUT2D eigenvalue weighted by Crippen LogP contribution is 2.46. The molecule has 4 aliphatic rings. The molecule has 2 spiro atoms. The molecule has 0 radical (unpaired) electrons. The van der Waals surface area contributed by atoms with Crippen molar-refractivity contribution in [1.29, 1.82) is 0 Å². The second-order valence-corrected chi connectivity index (χ2v) is 8.45. The molecule has 31 heavy (non-hydrogen) atoms. The first-order valence-corrected chi connectivity index (χ1v) is 10.4. The second kappa shape index (κ2) is 7.47. The largest absolute Gasteiger partial charge is 0.389 e. The molecule has 4 aliphatic heterocycles. The van der Waals surface area contributed by atoms with Gasteiger partial charge in [0.1, 0.15) is 19.8 Å². The van der Waals surface area contributed by atoms with E-state index in [9.17, 15) is 20.0 Å². The minimum atomic E-state index is -1.78. The van der Waals surface area contributed by atoms with Gasteiger partial charge in [-0.05, 0) is 6.07 Å². The number of aliphatic hydroxyl groups excluding tert-OH is 1. The van der Waals surface area contributed by atoms with Crippen LogP contribution in [-0.2, 0) is 29.5 Å². The maximum Gasteiger partial charge on any atom is 0.293 e. The minimum absolute atomic E-state index is 0.334. The van der Waals surface area contributed by atoms with Crippen LogP contribution in [0.4, 0.5) is 5.69 Å². The van der Waals surface area contributed by atoms with E-state index >= 15 is 0 Å². The molecule has 1 aromatic rings. The first kappa shape index (κ1) is 20.7. The number of nitrogens with zero attached hydrogens (tertiary/aromatic N) is 3. The number of hydrogen-bond acceptors (Lipinski definition) is 9. The van der Waals surface area contributed by atoms with Gasteiger partial charge in [0.25, 0.3) is 17.2 Å². The molecule has 0 unspecified atom stereocenters. The van der Waals surface area contributed by atoms with Gasteiger partial charge in [-0.2, -0.15) is 0 Å². The van der Waals surface area contributed by atoms with Crippen molar-refractivity contribution in [3.8, 4) is 0 Å². The molecule has 0 aromatic heterocycles. The Labute approximate surface area is 178 Å². The van der Waals surface area contributed by atoms with Crippen molar-refractivity contribution in [3.63, 3.8) is 0 Å². The molecular formula is C20H25N3O8. The number of fused-ring (bicyclic) bond motifs is 2. The number of piperidine rings is 1.